The molecular weight excluding hydrogens is 578 g/mol. The molecule has 7 nitrogen and oxygen atoms in total. The fourth-order valence-electron chi connectivity index (χ4n) is 4.91. The second-order valence-corrected chi connectivity index (χ2v) is 12.3. The van der Waals surface area contributed by atoms with Gasteiger partial charge in [-0.3, -0.25) is 14.3 Å². The van der Waals surface area contributed by atoms with Crippen LogP contribution in [-0.4, -0.2) is 43.5 Å². The Morgan fingerprint density at radius 1 is 0.975 bits per heavy atom. The molecule has 1 aliphatic rings. The number of carbonyl (C=O) groups excluding carboxylic acids is 2. The lowest BCUT2D eigenvalue weighted by Crippen LogP contribution is -2.59. The van der Waals surface area contributed by atoms with Crippen molar-refractivity contribution in [2.24, 2.45) is 0 Å². The highest BCUT2D eigenvalue weighted by Crippen LogP contribution is 2.44. The zero-order valence-electron chi connectivity index (χ0n) is 21.9. The Bertz CT molecular complexity index is 1450. The van der Waals surface area contributed by atoms with E-state index in [2.05, 4.69) is 4.72 Å². The van der Waals surface area contributed by atoms with Gasteiger partial charge in [-0.05, 0) is 59.5 Å². The third-order valence-corrected chi connectivity index (χ3v) is 7.73. The Morgan fingerprint density at radius 2 is 1.52 bits per heavy atom. The van der Waals surface area contributed by atoms with Crippen molar-refractivity contribution < 1.29 is 27.1 Å². The highest BCUT2D eigenvalue weighted by Gasteiger charge is 2.48. The van der Waals surface area contributed by atoms with Gasteiger partial charge in [-0.2, -0.15) is 0 Å². The number of morpholine rings is 1. The summed E-state index contributed by atoms with van der Waals surface area (Å²) in [5, 5.41) is 0.991. The molecule has 1 N–H and O–H groups in total. The molecule has 40 heavy (non-hydrogen) atoms. The van der Waals surface area contributed by atoms with Crippen LogP contribution in [0.2, 0.25) is 10.0 Å². The first-order valence-electron chi connectivity index (χ1n) is 12.7. The zero-order chi connectivity index (χ0) is 29.0. The Morgan fingerprint density at radius 3 is 2.05 bits per heavy atom. The van der Waals surface area contributed by atoms with Crippen LogP contribution < -0.4 is 4.72 Å². The summed E-state index contributed by atoms with van der Waals surface area (Å²) in [4.78, 5) is 29.1. The number of carbonyl (C=O) groups is 2. The SMILES string of the molecule is CCCC(C(=O)NS(C)(=O)=O)N1C(=O)[C@H](Cc2ccc(F)cc2)O[C@@H](c2ccc(Cl)cc2)[C@H]1c1ccc(Cl)cc1. The number of ether oxygens (including phenoxy) is 1. The summed E-state index contributed by atoms with van der Waals surface area (Å²) < 4.78 is 46.2. The van der Waals surface area contributed by atoms with Crippen LogP contribution in [-0.2, 0) is 30.8 Å². The minimum absolute atomic E-state index is 0.111. The number of halogens is 3. The predicted octanol–water partition coefficient (Wildman–Crippen LogP) is 5.63. The second-order valence-electron chi connectivity index (χ2n) is 9.71. The Labute approximate surface area is 243 Å². The van der Waals surface area contributed by atoms with Crippen molar-refractivity contribution in [3.05, 3.63) is 105 Å². The monoisotopic (exact) mass is 606 g/mol. The molecule has 212 valence electrons. The van der Waals surface area contributed by atoms with Gasteiger partial charge in [0.1, 0.15) is 24.1 Å². The molecule has 4 atom stereocenters. The molecule has 11 heteroatoms. The third-order valence-electron chi connectivity index (χ3n) is 6.66. The van der Waals surface area contributed by atoms with Gasteiger partial charge in [-0.1, -0.05) is 72.9 Å². The molecule has 3 aromatic rings. The number of sulfonamides is 1. The van der Waals surface area contributed by atoms with E-state index in [1.165, 1.54) is 17.0 Å². The van der Waals surface area contributed by atoms with Gasteiger partial charge in [0.2, 0.25) is 10.0 Å². The normalized spacial score (nSPS) is 20.3. The van der Waals surface area contributed by atoms with E-state index in [0.717, 1.165) is 6.26 Å². The first-order valence-corrected chi connectivity index (χ1v) is 15.4. The molecule has 0 spiro atoms. The van der Waals surface area contributed by atoms with Gasteiger partial charge in [0.15, 0.2) is 0 Å². The van der Waals surface area contributed by atoms with E-state index in [9.17, 15) is 22.4 Å². The van der Waals surface area contributed by atoms with Gasteiger partial charge in [0.25, 0.3) is 11.8 Å². The van der Waals surface area contributed by atoms with Crippen molar-refractivity contribution in [2.45, 2.75) is 50.5 Å². The number of nitrogens with one attached hydrogen (secondary N) is 1. The first kappa shape index (κ1) is 30.0. The van der Waals surface area contributed by atoms with Gasteiger partial charge in [0.05, 0.1) is 12.3 Å². The molecular formula is C29H29Cl2FN2O5S. The lowest BCUT2D eigenvalue weighted by atomic mass is 9.88. The van der Waals surface area contributed by atoms with Crippen molar-refractivity contribution in [3.8, 4) is 0 Å². The van der Waals surface area contributed by atoms with Crippen molar-refractivity contribution in [1.29, 1.82) is 0 Å². The van der Waals surface area contributed by atoms with E-state index < -0.39 is 51.9 Å². The molecule has 0 saturated carbocycles. The van der Waals surface area contributed by atoms with Crippen LogP contribution in [0.1, 0.15) is 48.6 Å². The van der Waals surface area contributed by atoms with Gasteiger partial charge in [0, 0.05) is 16.5 Å². The summed E-state index contributed by atoms with van der Waals surface area (Å²) >= 11 is 12.3. The van der Waals surface area contributed by atoms with Crippen LogP contribution in [0.4, 0.5) is 4.39 Å². The Kier molecular flexibility index (Phi) is 9.51. The number of amides is 2. The molecule has 1 fully saturated rings. The first-order chi connectivity index (χ1) is 19.0. The van der Waals surface area contributed by atoms with Gasteiger partial charge in [-0.25, -0.2) is 12.8 Å². The summed E-state index contributed by atoms with van der Waals surface area (Å²) in [5.74, 6) is -1.71. The van der Waals surface area contributed by atoms with Gasteiger partial charge < -0.3 is 9.64 Å². The van der Waals surface area contributed by atoms with Crippen LogP contribution >= 0.6 is 23.2 Å². The van der Waals surface area contributed by atoms with Gasteiger partial charge in [-0.15, -0.1) is 0 Å². The van der Waals surface area contributed by atoms with E-state index in [1.54, 1.807) is 60.7 Å². The fourth-order valence-corrected chi connectivity index (χ4v) is 5.66. The zero-order valence-corrected chi connectivity index (χ0v) is 24.2. The molecule has 0 aromatic heterocycles. The van der Waals surface area contributed by atoms with Crippen molar-refractivity contribution in [1.82, 2.24) is 9.62 Å². The summed E-state index contributed by atoms with van der Waals surface area (Å²) in [7, 11) is -3.90. The molecule has 3 aromatic carbocycles. The Hall–Kier alpha value is -2.98. The van der Waals surface area contributed by atoms with Crippen molar-refractivity contribution >= 4 is 45.0 Å². The maximum atomic E-state index is 14.2. The molecule has 0 aliphatic carbocycles. The average Bonchev–Trinajstić information content (AvgIpc) is 2.90. The summed E-state index contributed by atoms with van der Waals surface area (Å²) in [6.45, 7) is 1.84. The van der Waals surface area contributed by atoms with E-state index in [0.29, 0.717) is 33.2 Å². The number of benzene rings is 3. The van der Waals surface area contributed by atoms with Crippen LogP contribution in [0.3, 0.4) is 0 Å². The van der Waals surface area contributed by atoms with Gasteiger partial charge >= 0.3 is 0 Å². The maximum Gasteiger partial charge on any atom is 0.256 e. The lowest BCUT2D eigenvalue weighted by molar-refractivity contribution is -0.181. The fraction of sp³-hybridized carbons (Fsp3) is 0.310. The smallest absolute Gasteiger partial charge is 0.256 e. The maximum absolute atomic E-state index is 14.2. The summed E-state index contributed by atoms with van der Waals surface area (Å²) in [5.41, 5.74) is 2.00. The molecule has 1 heterocycles. The molecule has 1 saturated heterocycles. The van der Waals surface area contributed by atoms with E-state index >= 15 is 0 Å². The molecule has 2 amide bonds. The van der Waals surface area contributed by atoms with E-state index in [-0.39, 0.29) is 12.8 Å². The number of rotatable bonds is 9. The van der Waals surface area contributed by atoms with Crippen molar-refractivity contribution in [3.63, 3.8) is 0 Å². The van der Waals surface area contributed by atoms with Crippen molar-refractivity contribution in [2.75, 3.05) is 6.26 Å². The number of hydrogen-bond donors (Lipinski definition) is 1. The van der Waals surface area contributed by atoms with E-state index in [1.807, 2.05) is 6.92 Å². The standard InChI is InChI=1S/C29H29Cl2FN2O5S/c1-3-4-24(28(35)33-40(2,37)38)34-26(19-7-11-21(30)12-8-19)27(20-9-13-22(31)14-10-20)39-25(29(34)36)17-18-5-15-23(32)16-6-18/h5-16,24-27H,3-4,17H2,1-2H3,(H,33,35)/t24?,25-,26+,27-/m0/s1. The second kappa shape index (κ2) is 12.7. The lowest BCUT2D eigenvalue weighted by Gasteiger charge is -2.47. The summed E-state index contributed by atoms with van der Waals surface area (Å²) in [6, 6.07) is 17.6. The molecule has 1 unspecified atom stereocenters. The van der Waals surface area contributed by atoms with Crippen LogP contribution in [0.15, 0.2) is 72.8 Å². The van der Waals surface area contributed by atoms with E-state index in [4.69, 9.17) is 27.9 Å². The third kappa shape index (κ3) is 7.20. The quantitative estimate of drug-likeness (QED) is 0.341. The van der Waals surface area contributed by atoms with Crippen LogP contribution in [0, 0.1) is 5.82 Å². The predicted molar refractivity (Wildman–Crippen MR) is 152 cm³/mol. The topological polar surface area (TPSA) is 92.8 Å². The highest BCUT2D eigenvalue weighted by atomic mass is 35.5. The Balaban J connectivity index is 1.88. The minimum Gasteiger partial charge on any atom is -0.358 e. The molecule has 0 bridgehead atoms. The molecule has 1 aliphatic heterocycles. The minimum atomic E-state index is -3.90. The number of nitrogens with zero attached hydrogens (tertiary/aromatic N) is 1. The summed E-state index contributed by atoms with van der Waals surface area (Å²) in [6.07, 6.45) is -0.104. The molecule has 0 radical (unpaired) electrons. The highest BCUT2D eigenvalue weighted by molar-refractivity contribution is 7.89. The average molecular weight is 608 g/mol. The number of hydrogen-bond acceptors (Lipinski definition) is 5. The molecule has 4 rings (SSSR count). The van der Waals surface area contributed by atoms with Crippen LogP contribution in [0.25, 0.3) is 0 Å². The largest absolute Gasteiger partial charge is 0.358 e. The van der Waals surface area contributed by atoms with Crippen LogP contribution in [0.5, 0.6) is 0 Å².